The maximum Gasteiger partial charge on any atom is 0.387 e. The molecule has 200 valence electrons. The van der Waals surface area contributed by atoms with Gasteiger partial charge in [0.1, 0.15) is 5.75 Å². The Bertz CT molecular complexity index is 1210. The molecule has 0 saturated carbocycles. The number of amides is 2. The summed E-state index contributed by atoms with van der Waals surface area (Å²) in [6.07, 6.45) is 0. The molecule has 3 aromatic rings. The molecule has 0 bridgehead atoms. The molecular weight excluding hydrogens is 510 g/mol. The molecule has 0 atom stereocenters. The first kappa shape index (κ1) is 28.5. The van der Waals surface area contributed by atoms with Crippen molar-refractivity contribution in [1.82, 2.24) is 4.90 Å². The number of thiocarbonyl (C=S) groups is 1. The van der Waals surface area contributed by atoms with Crippen LogP contribution in [0.5, 0.6) is 5.75 Å². The van der Waals surface area contributed by atoms with Gasteiger partial charge in [-0.3, -0.25) is 9.59 Å². The highest BCUT2D eigenvalue weighted by Gasteiger charge is 2.20. The summed E-state index contributed by atoms with van der Waals surface area (Å²) in [5.41, 5.74) is 5.51. The number of carbonyl (C=O) groups excluding carboxylic acids is 2. The molecule has 0 saturated heterocycles. The van der Waals surface area contributed by atoms with Crippen LogP contribution >= 0.6 is 12.2 Å². The van der Waals surface area contributed by atoms with Gasteiger partial charge in [-0.15, -0.1) is 0 Å². The van der Waals surface area contributed by atoms with Crippen LogP contribution in [-0.2, 0) is 9.59 Å². The lowest BCUT2D eigenvalue weighted by Crippen LogP contribution is -2.44. The Balaban J connectivity index is 1.77. The van der Waals surface area contributed by atoms with Crippen molar-refractivity contribution >= 4 is 46.2 Å². The third-order valence-electron chi connectivity index (χ3n) is 5.78. The predicted octanol–water partition coefficient (Wildman–Crippen LogP) is 5.80. The van der Waals surface area contributed by atoms with Crippen LogP contribution in [0, 0.1) is 27.7 Å². The van der Waals surface area contributed by atoms with E-state index in [1.54, 1.807) is 0 Å². The van der Waals surface area contributed by atoms with Crippen molar-refractivity contribution in [3.63, 3.8) is 0 Å². The van der Waals surface area contributed by atoms with Crippen LogP contribution in [0.2, 0.25) is 0 Å². The summed E-state index contributed by atoms with van der Waals surface area (Å²) in [4.78, 5) is 27.5. The number of halogens is 2. The Morgan fingerprint density at radius 3 is 1.58 bits per heavy atom. The van der Waals surface area contributed by atoms with Gasteiger partial charge in [-0.25, -0.2) is 0 Å². The predicted molar refractivity (Wildman–Crippen MR) is 150 cm³/mol. The van der Waals surface area contributed by atoms with E-state index in [4.69, 9.17) is 12.2 Å². The number of nitrogens with one attached hydrogen (secondary N) is 3. The molecule has 0 unspecified atom stereocenters. The second kappa shape index (κ2) is 13.0. The van der Waals surface area contributed by atoms with E-state index >= 15 is 0 Å². The third-order valence-corrected chi connectivity index (χ3v) is 6.14. The Morgan fingerprint density at radius 1 is 0.763 bits per heavy atom. The number of para-hydroxylation sites is 2. The maximum atomic E-state index is 13.0. The molecule has 10 heteroatoms. The van der Waals surface area contributed by atoms with Gasteiger partial charge in [-0.2, -0.15) is 8.78 Å². The van der Waals surface area contributed by atoms with E-state index in [1.807, 2.05) is 64.1 Å². The second-order valence-electron chi connectivity index (χ2n) is 8.82. The maximum absolute atomic E-state index is 13.0. The number of benzene rings is 3. The van der Waals surface area contributed by atoms with Crippen molar-refractivity contribution < 1.29 is 23.1 Å². The van der Waals surface area contributed by atoms with E-state index in [0.29, 0.717) is 17.1 Å². The second-order valence-corrected chi connectivity index (χ2v) is 9.21. The number of hydrogen-bond acceptors (Lipinski definition) is 4. The van der Waals surface area contributed by atoms with Crippen LogP contribution in [0.1, 0.15) is 22.3 Å². The average Bonchev–Trinajstić information content (AvgIpc) is 2.84. The number of rotatable bonds is 9. The van der Waals surface area contributed by atoms with Crippen molar-refractivity contribution in [2.45, 2.75) is 34.3 Å². The van der Waals surface area contributed by atoms with Crippen molar-refractivity contribution in [3.05, 3.63) is 82.9 Å². The molecule has 0 heterocycles. The molecule has 0 aliphatic heterocycles. The largest absolute Gasteiger partial charge is 0.435 e. The lowest BCUT2D eigenvalue weighted by Gasteiger charge is -2.25. The lowest BCUT2D eigenvalue weighted by molar-refractivity contribution is -0.118. The molecular formula is C28H30F2N4O3S. The number of aryl methyl sites for hydroxylation is 4. The van der Waals surface area contributed by atoms with Gasteiger partial charge >= 0.3 is 6.61 Å². The van der Waals surface area contributed by atoms with Crippen molar-refractivity contribution in [3.8, 4) is 5.75 Å². The highest BCUT2D eigenvalue weighted by molar-refractivity contribution is 7.80. The van der Waals surface area contributed by atoms with Gasteiger partial charge < -0.3 is 25.6 Å². The summed E-state index contributed by atoms with van der Waals surface area (Å²) < 4.78 is 29.3. The first-order valence-electron chi connectivity index (χ1n) is 11.9. The summed E-state index contributed by atoms with van der Waals surface area (Å²) in [6, 6.07) is 17.1. The monoisotopic (exact) mass is 540 g/mol. The molecule has 38 heavy (non-hydrogen) atoms. The molecule has 2 amide bonds. The van der Waals surface area contributed by atoms with E-state index in [2.05, 4.69) is 20.7 Å². The van der Waals surface area contributed by atoms with E-state index < -0.39 is 6.61 Å². The quantitative estimate of drug-likeness (QED) is 0.298. The number of anilines is 3. The minimum absolute atomic E-state index is 0.00529. The Hall–Kier alpha value is -4.05. The summed E-state index contributed by atoms with van der Waals surface area (Å²) >= 11 is 5.53. The minimum atomic E-state index is -2.93. The molecule has 0 radical (unpaired) electrons. The molecule has 0 aliphatic carbocycles. The first-order valence-corrected chi connectivity index (χ1v) is 12.3. The molecule has 3 rings (SSSR count). The molecule has 7 nitrogen and oxygen atoms in total. The lowest BCUT2D eigenvalue weighted by atomic mass is 10.1. The zero-order valence-electron chi connectivity index (χ0n) is 21.6. The van der Waals surface area contributed by atoms with Crippen LogP contribution in [0.15, 0.2) is 60.7 Å². The molecule has 0 aromatic heterocycles. The molecule has 3 aromatic carbocycles. The molecule has 0 spiro atoms. The van der Waals surface area contributed by atoms with E-state index in [0.717, 1.165) is 22.3 Å². The van der Waals surface area contributed by atoms with Crippen LogP contribution in [-0.4, -0.2) is 41.5 Å². The van der Waals surface area contributed by atoms with E-state index in [1.165, 1.54) is 29.2 Å². The number of carbonyl (C=O) groups is 2. The van der Waals surface area contributed by atoms with Crippen molar-refractivity contribution in [2.75, 3.05) is 29.0 Å². The normalized spacial score (nSPS) is 10.6. The zero-order chi connectivity index (χ0) is 27.8. The smallest absolute Gasteiger partial charge is 0.387 e. The molecule has 0 aliphatic rings. The van der Waals surface area contributed by atoms with Gasteiger partial charge in [-0.1, -0.05) is 36.4 Å². The fourth-order valence-electron chi connectivity index (χ4n) is 3.85. The van der Waals surface area contributed by atoms with Gasteiger partial charge in [0.15, 0.2) is 5.11 Å². The molecule has 3 N–H and O–H groups in total. The highest BCUT2D eigenvalue weighted by atomic mass is 32.1. The standard InChI is InChI=1S/C28H30F2N4O3S/c1-17-7-5-8-18(2)25(17)32-23(35)15-34(16-24(36)33-26-19(3)9-6-10-20(26)4)28(38)31-21-11-13-22(14-12-21)37-27(29)30/h5-14,27H,15-16H2,1-4H3,(H,31,38)(H,32,35)(H,33,36). The summed E-state index contributed by atoms with van der Waals surface area (Å²) in [5, 5.41) is 8.89. The fourth-order valence-corrected chi connectivity index (χ4v) is 4.10. The van der Waals surface area contributed by atoms with E-state index in [9.17, 15) is 18.4 Å². The van der Waals surface area contributed by atoms with Gasteiger partial charge in [0.25, 0.3) is 0 Å². The number of hydrogen-bond donors (Lipinski definition) is 3. The van der Waals surface area contributed by atoms with Gasteiger partial charge in [-0.05, 0) is 86.4 Å². The van der Waals surface area contributed by atoms with Crippen molar-refractivity contribution in [1.29, 1.82) is 0 Å². The van der Waals surface area contributed by atoms with Gasteiger partial charge in [0.05, 0.1) is 13.1 Å². The fraction of sp³-hybridized carbons (Fsp3) is 0.250. The highest BCUT2D eigenvalue weighted by Crippen LogP contribution is 2.21. The summed E-state index contributed by atoms with van der Waals surface area (Å²) in [5.74, 6) is -0.714. The first-order chi connectivity index (χ1) is 18.0. The van der Waals surface area contributed by atoms with Crippen molar-refractivity contribution in [2.24, 2.45) is 0 Å². The zero-order valence-corrected chi connectivity index (χ0v) is 22.4. The summed E-state index contributed by atoms with van der Waals surface area (Å²) in [6.45, 7) is 4.24. The van der Waals surface area contributed by atoms with Crippen LogP contribution in [0.25, 0.3) is 0 Å². The molecule has 0 fully saturated rings. The SMILES string of the molecule is Cc1cccc(C)c1NC(=O)CN(CC(=O)Nc1c(C)cccc1C)C(=S)Nc1ccc(OC(F)F)cc1. The van der Waals surface area contributed by atoms with Gasteiger partial charge in [0.2, 0.25) is 11.8 Å². The Labute approximate surface area is 226 Å². The topological polar surface area (TPSA) is 82.7 Å². The van der Waals surface area contributed by atoms with Gasteiger partial charge in [0, 0.05) is 17.1 Å². The number of alkyl halides is 2. The average molecular weight is 541 g/mol. The van der Waals surface area contributed by atoms with Crippen LogP contribution < -0.4 is 20.7 Å². The van der Waals surface area contributed by atoms with Crippen LogP contribution in [0.4, 0.5) is 25.8 Å². The third kappa shape index (κ3) is 7.97. The number of ether oxygens (including phenoxy) is 1. The summed E-state index contributed by atoms with van der Waals surface area (Å²) in [7, 11) is 0. The Morgan fingerprint density at radius 2 is 1.18 bits per heavy atom. The van der Waals surface area contributed by atoms with Crippen LogP contribution in [0.3, 0.4) is 0 Å². The number of nitrogens with zero attached hydrogens (tertiary/aromatic N) is 1. The van der Waals surface area contributed by atoms with E-state index in [-0.39, 0.29) is 35.8 Å². The minimum Gasteiger partial charge on any atom is -0.435 e. The Kier molecular flexibility index (Phi) is 9.72.